The van der Waals surface area contributed by atoms with Gasteiger partial charge in [-0.1, -0.05) is 19.8 Å². The van der Waals surface area contributed by atoms with Crippen molar-refractivity contribution in [3.8, 4) is 0 Å². The van der Waals surface area contributed by atoms with Gasteiger partial charge in [-0.25, -0.2) is 16.8 Å². The molecule has 36 heavy (non-hydrogen) atoms. The fraction of sp³-hybridized carbons (Fsp3) is 0.500. The quantitative estimate of drug-likeness (QED) is 0.487. The van der Waals surface area contributed by atoms with Gasteiger partial charge in [-0.2, -0.15) is 8.61 Å². The van der Waals surface area contributed by atoms with Crippen molar-refractivity contribution in [2.45, 2.75) is 67.7 Å². The molecule has 2 fully saturated rings. The molecule has 4 rings (SSSR count). The molecular weight excluding hydrogens is 498 g/mol. The summed E-state index contributed by atoms with van der Waals surface area (Å²) in [6, 6.07) is 12.6. The van der Waals surface area contributed by atoms with Gasteiger partial charge in [0, 0.05) is 36.9 Å². The molecule has 0 bridgehead atoms. The van der Waals surface area contributed by atoms with E-state index in [0.717, 1.165) is 44.9 Å². The molecule has 0 saturated carbocycles. The van der Waals surface area contributed by atoms with Gasteiger partial charge in [0.1, 0.15) is 0 Å². The standard InChI is InChI=1S/C26H35N3O5S2/c1-2-23-8-4-7-19-29(23)36(33,34)25-15-11-22(12-16-25)27-20-26(30)21-9-13-24(14-10-21)35(31,32)28-17-5-3-6-18-28/h9-16,23,27H,2-8,17-20H2,1H3. The number of carbonyl (C=O) groups excluding carboxylic acids is 1. The number of carbonyl (C=O) groups is 1. The number of piperidine rings is 2. The van der Waals surface area contributed by atoms with Gasteiger partial charge in [-0.05, 0) is 80.6 Å². The van der Waals surface area contributed by atoms with Crippen LogP contribution in [-0.2, 0) is 20.0 Å². The number of benzene rings is 2. The first-order valence-corrected chi connectivity index (χ1v) is 15.6. The number of sulfonamides is 2. The minimum absolute atomic E-state index is 0.00829. The van der Waals surface area contributed by atoms with Gasteiger partial charge in [-0.3, -0.25) is 4.79 Å². The molecule has 2 aliphatic heterocycles. The van der Waals surface area contributed by atoms with Crippen molar-refractivity contribution < 1.29 is 21.6 Å². The minimum Gasteiger partial charge on any atom is -0.378 e. The molecule has 8 nitrogen and oxygen atoms in total. The van der Waals surface area contributed by atoms with Crippen LogP contribution in [0.3, 0.4) is 0 Å². The maximum Gasteiger partial charge on any atom is 0.243 e. The molecule has 1 N–H and O–H groups in total. The molecule has 1 atom stereocenters. The highest BCUT2D eigenvalue weighted by atomic mass is 32.2. The largest absolute Gasteiger partial charge is 0.378 e. The van der Waals surface area contributed by atoms with E-state index in [9.17, 15) is 21.6 Å². The van der Waals surface area contributed by atoms with E-state index in [4.69, 9.17) is 0 Å². The Morgan fingerprint density at radius 3 is 2.03 bits per heavy atom. The normalized spacial score (nSPS) is 20.2. The predicted octanol–water partition coefficient (Wildman–Crippen LogP) is 4.11. The van der Waals surface area contributed by atoms with Crippen molar-refractivity contribution >= 4 is 31.5 Å². The van der Waals surface area contributed by atoms with Crippen LogP contribution in [0.5, 0.6) is 0 Å². The lowest BCUT2D eigenvalue weighted by molar-refractivity contribution is 0.101. The molecule has 2 aromatic carbocycles. The number of anilines is 1. The molecule has 0 amide bonds. The first-order chi connectivity index (χ1) is 17.2. The molecule has 10 heteroatoms. The van der Waals surface area contributed by atoms with Crippen LogP contribution in [0, 0.1) is 0 Å². The maximum absolute atomic E-state index is 13.1. The lowest BCUT2D eigenvalue weighted by Crippen LogP contribution is -2.43. The highest BCUT2D eigenvalue weighted by Gasteiger charge is 2.32. The van der Waals surface area contributed by atoms with E-state index in [0.29, 0.717) is 30.9 Å². The summed E-state index contributed by atoms with van der Waals surface area (Å²) < 4.78 is 55.0. The topological polar surface area (TPSA) is 104 Å². The summed E-state index contributed by atoms with van der Waals surface area (Å²) in [6.45, 7) is 3.64. The zero-order chi connectivity index (χ0) is 25.8. The van der Waals surface area contributed by atoms with Crippen molar-refractivity contribution in [2.24, 2.45) is 0 Å². The fourth-order valence-electron chi connectivity index (χ4n) is 4.93. The molecule has 0 radical (unpaired) electrons. The molecule has 2 aromatic rings. The highest BCUT2D eigenvalue weighted by molar-refractivity contribution is 7.89. The van der Waals surface area contributed by atoms with E-state index in [2.05, 4.69) is 5.32 Å². The van der Waals surface area contributed by atoms with Crippen molar-refractivity contribution in [3.63, 3.8) is 0 Å². The van der Waals surface area contributed by atoms with Crippen LogP contribution in [0.25, 0.3) is 0 Å². The number of Topliss-reactive ketones (excluding diaryl/α,β-unsaturated/α-hetero) is 1. The van der Waals surface area contributed by atoms with Crippen LogP contribution >= 0.6 is 0 Å². The van der Waals surface area contributed by atoms with Gasteiger partial charge in [0.05, 0.1) is 16.3 Å². The van der Waals surface area contributed by atoms with Crippen LogP contribution in [-0.4, -0.2) is 63.5 Å². The number of ketones is 1. The number of nitrogens with zero attached hydrogens (tertiary/aromatic N) is 2. The van der Waals surface area contributed by atoms with Crippen LogP contribution in [0.1, 0.15) is 62.2 Å². The van der Waals surface area contributed by atoms with Crippen molar-refractivity contribution in [2.75, 3.05) is 31.5 Å². The predicted molar refractivity (Wildman–Crippen MR) is 140 cm³/mol. The van der Waals surface area contributed by atoms with Crippen molar-refractivity contribution in [1.29, 1.82) is 0 Å². The van der Waals surface area contributed by atoms with Crippen LogP contribution in [0.15, 0.2) is 58.3 Å². The molecule has 196 valence electrons. The second-order valence-electron chi connectivity index (χ2n) is 9.46. The Morgan fingerprint density at radius 2 is 1.39 bits per heavy atom. The Morgan fingerprint density at radius 1 is 0.806 bits per heavy atom. The second kappa shape index (κ2) is 11.4. The number of hydrogen-bond acceptors (Lipinski definition) is 6. The van der Waals surface area contributed by atoms with Crippen molar-refractivity contribution in [1.82, 2.24) is 8.61 Å². The van der Waals surface area contributed by atoms with E-state index < -0.39 is 20.0 Å². The molecule has 2 aliphatic rings. The summed E-state index contributed by atoms with van der Waals surface area (Å²) in [5.41, 5.74) is 1.05. The first-order valence-electron chi connectivity index (χ1n) is 12.7. The summed E-state index contributed by atoms with van der Waals surface area (Å²) >= 11 is 0. The monoisotopic (exact) mass is 533 g/mol. The van der Waals surface area contributed by atoms with Gasteiger partial charge < -0.3 is 5.32 Å². The smallest absolute Gasteiger partial charge is 0.243 e. The Labute approximate surface area is 214 Å². The zero-order valence-electron chi connectivity index (χ0n) is 20.7. The SMILES string of the molecule is CCC1CCCCN1S(=O)(=O)c1ccc(NCC(=O)c2ccc(S(=O)(=O)N3CCCCC3)cc2)cc1. The lowest BCUT2D eigenvalue weighted by Gasteiger charge is -2.34. The van der Waals surface area contributed by atoms with Gasteiger partial charge in [0.2, 0.25) is 20.0 Å². The summed E-state index contributed by atoms with van der Waals surface area (Å²) in [7, 11) is -7.09. The molecule has 0 spiro atoms. The summed E-state index contributed by atoms with van der Waals surface area (Å²) in [4.78, 5) is 13.1. The number of nitrogens with one attached hydrogen (secondary N) is 1. The van der Waals surface area contributed by atoms with Crippen molar-refractivity contribution in [3.05, 3.63) is 54.1 Å². The Balaban J connectivity index is 1.36. The maximum atomic E-state index is 13.1. The van der Waals surface area contributed by atoms with Gasteiger partial charge >= 0.3 is 0 Å². The second-order valence-corrected chi connectivity index (χ2v) is 13.3. The molecular formula is C26H35N3O5S2. The summed E-state index contributed by atoms with van der Waals surface area (Å²) in [5.74, 6) is -0.187. The van der Waals surface area contributed by atoms with Gasteiger partial charge in [-0.15, -0.1) is 0 Å². The first kappa shape index (κ1) is 26.8. The Bertz CT molecular complexity index is 1250. The van der Waals surface area contributed by atoms with Gasteiger partial charge in [0.15, 0.2) is 5.78 Å². The zero-order valence-corrected chi connectivity index (χ0v) is 22.4. The van der Waals surface area contributed by atoms with Crippen LogP contribution in [0.2, 0.25) is 0 Å². The van der Waals surface area contributed by atoms with E-state index in [1.54, 1.807) is 40.7 Å². The highest BCUT2D eigenvalue weighted by Crippen LogP contribution is 2.27. The van der Waals surface area contributed by atoms with E-state index in [-0.39, 0.29) is 28.2 Å². The number of hydrogen-bond donors (Lipinski definition) is 1. The Kier molecular flexibility index (Phi) is 8.49. The third-order valence-electron chi connectivity index (χ3n) is 7.09. The average Bonchev–Trinajstić information content (AvgIpc) is 2.92. The fourth-order valence-corrected chi connectivity index (χ4v) is 8.21. The third kappa shape index (κ3) is 5.82. The summed E-state index contributed by atoms with van der Waals surface area (Å²) in [5, 5.41) is 3.03. The average molecular weight is 534 g/mol. The van der Waals surface area contributed by atoms with Gasteiger partial charge in [0.25, 0.3) is 0 Å². The number of rotatable bonds is 9. The van der Waals surface area contributed by atoms with E-state index in [1.165, 1.54) is 16.4 Å². The third-order valence-corrected chi connectivity index (χ3v) is 11.0. The molecule has 0 aromatic heterocycles. The van der Waals surface area contributed by atoms with E-state index in [1.807, 2.05) is 6.92 Å². The van der Waals surface area contributed by atoms with Crippen LogP contribution in [0.4, 0.5) is 5.69 Å². The van der Waals surface area contributed by atoms with E-state index >= 15 is 0 Å². The molecule has 2 heterocycles. The van der Waals surface area contributed by atoms with Crippen LogP contribution < -0.4 is 5.32 Å². The summed E-state index contributed by atoms with van der Waals surface area (Å²) in [6.07, 6.45) is 6.40. The Hall–Kier alpha value is -2.27. The molecule has 1 unspecified atom stereocenters. The lowest BCUT2D eigenvalue weighted by atomic mass is 10.0. The molecule has 2 saturated heterocycles. The minimum atomic E-state index is -3.55. The molecule has 0 aliphatic carbocycles.